The normalized spacial score (nSPS) is 17.5. The van der Waals surface area contributed by atoms with Crippen molar-refractivity contribution in [3.05, 3.63) is 70.8 Å². The maximum Gasteiger partial charge on any atom is 0.416 e. The summed E-state index contributed by atoms with van der Waals surface area (Å²) in [7, 11) is 0. The maximum atomic E-state index is 12.6. The van der Waals surface area contributed by atoms with Crippen molar-refractivity contribution in [1.82, 2.24) is 0 Å². The van der Waals surface area contributed by atoms with Gasteiger partial charge in [-0.3, -0.25) is 0 Å². The Morgan fingerprint density at radius 1 is 0.500 bits per heavy atom. The second-order valence-electron chi connectivity index (χ2n) is 6.29. The predicted molar refractivity (Wildman–Crippen MR) is 82.0 cm³/mol. The van der Waals surface area contributed by atoms with Crippen LogP contribution in [0.1, 0.15) is 36.1 Å². The fourth-order valence-electron chi connectivity index (χ4n) is 2.53. The summed E-state index contributed by atoms with van der Waals surface area (Å²) in [6.07, 6.45) is -9.11. The van der Waals surface area contributed by atoms with Crippen LogP contribution in [-0.2, 0) is 23.6 Å². The lowest BCUT2D eigenvalue weighted by atomic mass is 9.75. The molecule has 2 atom stereocenters. The van der Waals surface area contributed by atoms with Gasteiger partial charge in [0, 0.05) is 0 Å². The first kappa shape index (κ1) is 20.3. The maximum absolute atomic E-state index is 12.6. The Labute approximate surface area is 145 Å². The van der Waals surface area contributed by atoms with E-state index in [0.29, 0.717) is 0 Å². The molecule has 0 radical (unpaired) electrons. The van der Waals surface area contributed by atoms with Gasteiger partial charge in [0.1, 0.15) is 11.2 Å². The lowest BCUT2D eigenvalue weighted by Gasteiger charge is -2.39. The number of alkyl halides is 6. The zero-order valence-electron chi connectivity index (χ0n) is 13.8. The number of rotatable bonds is 3. The van der Waals surface area contributed by atoms with E-state index in [1.807, 2.05) is 0 Å². The van der Waals surface area contributed by atoms with Crippen molar-refractivity contribution < 1.29 is 36.6 Å². The second-order valence-corrected chi connectivity index (χ2v) is 6.29. The molecule has 2 aromatic rings. The molecular formula is C18H16F6O2. The lowest BCUT2D eigenvalue weighted by Crippen LogP contribution is -2.45. The van der Waals surface area contributed by atoms with Crippen molar-refractivity contribution in [3.8, 4) is 0 Å². The summed E-state index contributed by atoms with van der Waals surface area (Å²) in [6, 6.07) is 7.09. The van der Waals surface area contributed by atoms with Crippen molar-refractivity contribution in [1.29, 1.82) is 0 Å². The van der Waals surface area contributed by atoms with Crippen LogP contribution < -0.4 is 0 Å². The largest absolute Gasteiger partial charge is 0.416 e. The van der Waals surface area contributed by atoms with Crippen molar-refractivity contribution in [2.45, 2.75) is 37.4 Å². The highest BCUT2D eigenvalue weighted by atomic mass is 19.4. The smallest absolute Gasteiger partial charge is 0.382 e. The van der Waals surface area contributed by atoms with Crippen LogP contribution >= 0.6 is 0 Å². The van der Waals surface area contributed by atoms with Crippen LogP contribution in [0.4, 0.5) is 26.3 Å². The molecule has 0 aliphatic rings. The minimum atomic E-state index is -4.56. The third-order valence-corrected chi connectivity index (χ3v) is 4.50. The first-order chi connectivity index (χ1) is 11.7. The molecule has 0 fully saturated rings. The van der Waals surface area contributed by atoms with Gasteiger partial charge in [0.05, 0.1) is 11.1 Å². The topological polar surface area (TPSA) is 40.5 Å². The first-order valence-corrected chi connectivity index (χ1v) is 7.47. The van der Waals surface area contributed by atoms with Crippen LogP contribution in [0.25, 0.3) is 0 Å². The van der Waals surface area contributed by atoms with Crippen LogP contribution in [0.5, 0.6) is 0 Å². The average Bonchev–Trinajstić information content (AvgIpc) is 2.53. The quantitative estimate of drug-likeness (QED) is 0.751. The Hall–Kier alpha value is -2.06. The van der Waals surface area contributed by atoms with Crippen LogP contribution in [0.2, 0.25) is 0 Å². The van der Waals surface area contributed by atoms with Crippen molar-refractivity contribution >= 4 is 0 Å². The molecule has 2 nitrogen and oxygen atoms in total. The van der Waals surface area contributed by atoms with E-state index in [1.165, 1.54) is 13.8 Å². The van der Waals surface area contributed by atoms with Gasteiger partial charge in [-0.15, -0.1) is 0 Å². The fraction of sp³-hybridized carbons (Fsp3) is 0.333. The van der Waals surface area contributed by atoms with E-state index in [2.05, 4.69) is 0 Å². The van der Waals surface area contributed by atoms with Gasteiger partial charge in [0.15, 0.2) is 0 Å². The highest BCUT2D eigenvalue weighted by Gasteiger charge is 2.45. The minimum Gasteiger partial charge on any atom is -0.382 e. The molecule has 2 aromatic carbocycles. The Morgan fingerprint density at radius 2 is 0.692 bits per heavy atom. The number of benzene rings is 2. The molecule has 142 valence electrons. The van der Waals surface area contributed by atoms with Crippen molar-refractivity contribution in [3.63, 3.8) is 0 Å². The average molecular weight is 378 g/mol. The van der Waals surface area contributed by atoms with Crippen LogP contribution in [0.15, 0.2) is 48.5 Å². The van der Waals surface area contributed by atoms with Gasteiger partial charge in [0.2, 0.25) is 0 Å². The molecule has 0 saturated carbocycles. The molecule has 0 aliphatic carbocycles. The first-order valence-electron chi connectivity index (χ1n) is 7.47. The molecule has 0 amide bonds. The lowest BCUT2D eigenvalue weighted by molar-refractivity contribution is -0.144. The SMILES string of the molecule is C[C@](O)(c1ccc(C(F)(F)F)cc1)[C@](C)(O)c1ccc(C(F)(F)F)cc1. The van der Waals surface area contributed by atoms with E-state index in [9.17, 15) is 36.6 Å². The van der Waals surface area contributed by atoms with Crippen molar-refractivity contribution in [2.75, 3.05) is 0 Å². The van der Waals surface area contributed by atoms with E-state index in [0.717, 1.165) is 48.5 Å². The molecule has 26 heavy (non-hydrogen) atoms. The van der Waals surface area contributed by atoms with Gasteiger partial charge >= 0.3 is 12.4 Å². The Balaban J connectivity index is 2.40. The van der Waals surface area contributed by atoms with Gasteiger partial charge in [-0.25, -0.2) is 0 Å². The molecule has 0 unspecified atom stereocenters. The summed E-state index contributed by atoms with van der Waals surface area (Å²) in [5.74, 6) is 0. The highest BCUT2D eigenvalue weighted by Crippen LogP contribution is 2.42. The third-order valence-electron chi connectivity index (χ3n) is 4.50. The van der Waals surface area contributed by atoms with E-state index in [-0.39, 0.29) is 11.1 Å². The third kappa shape index (κ3) is 3.71. The van der Waals surface area contributed by atoms with Crippen molar-refractivity contribution in [2.24, 2.45) is 0 Å². The number of aliphatic hydroxyl groups is 2. The Kier molecular flexibility index (Phi) is 4.89. The molecule has 0 saturated heterocycles. The molecule has 0 spiro atoms. The summed E-state index contributed by atoms with van der Waals surface area (Å²) >= 11 is 0. The van der Waals surface area contributed by atoms with Gasteiger partial charge in [-0.05, 0) is 49.2 Å². The van der Waals surface area contributed by atoms with Gasteiger partial charge in [-0.2, -0.15) is 26.3 Å². The summed E-state index contributed by atoms with van der Waals surface area (Å²) in [6.45, 7) is 2.35. The van der Waals surface area contributed by atoms with Crippen LogP contribution in [0.3, 0.4) is 0 Å². The Bertz CT molecular complexity index is 689. The summed E-state index contributed by atoms with van der Waals surface area (Å²) in [5.41, 5.74) is -6.00. The van der Waals surface area contributed by atoms with E-state index < -0.39 is 34.7 Å². The van der Waals surface area contributed by atoms with Gasteiger partial charge in [0.25, 0.3) is 0 Å². The molecule has 2 N–H and O–H groups in total. The van der Waals surface area contributed by atoms with E-state index in [1.54, 1.807) is 0 Å². The van der Waals surface area contributed by atoms with Crippen LogP contribution in [0, 0.1) is 0 Å². The standard InChI is InChI=1S/C18H16F6O2/c1-15(25,11-3-7-13(8-4-11)17(19,20)21)16(2,26)12-5-9-14(10-6-12)18(22,23)24/h3-10,25-26H,1-2H3/t15-,16+. The minimum absolute atomic E-state index is 0.0182. The van der Waals surface area contributed by atoms with Gasteiger partial charge < -0.3 is 10.2 Å². The summed E-state index contributed by atoms with van der Waals surface area (Å²) in [5, 5.41) is 21.5. The number of halogens is 6. The van der Waals surface area contributed by atoms with E-state index in [4.69, 9.17) is 0 Å². The zero-order valence-corrected chi connectivity index (χ0v) is 13.8. The number of hydrogen-bond donors (Lipinski definition) is 2. The monoisotopic (exact) mass is 378 g/mol. The zero-order chi connectivity index (χ0) is 20.0. The predicted octanol–water partition coefficient (Wildman–Crippen LogP) is 4.84. The molecule has 0 heterocycles. The number of hydrogen-bond acceptors (Lipinski definition) is 2. The molecular weight excluding hydrogens is 362 g/mol. The molecule has 0 aliphatic heterocycles. The molecule has 2 rings (SSSR count). The second kappa shape index (κ2) is 6.28. The summed E-state index contributed by atoms with van der Waals surface area (Å²) < 4.78 is 75.9. The molecule has 0 aromatic heterocycles. The Morgan fingerprint density at radius 3 is 0.885 bits per heavy atom. The molecule has 8 heteroatoms. The van der Waals surface area contributed by atoms with Gasteiger partial charge in [-0.1, -0.05) is 24.3 Å². The fourth-order valence-corrected chi connectivity index (χ4v) is 2.53. The molecule has 0 bridgehead atoms. The van der Waals surface area contributed by atoms with Crippen LogP contribution in [-0.4, -0.2) is 10.2 Å². The highest BCUT2D eigenvalue weighted by molar-refractivity contribution is 5.36. The summed E-state index contributed by atoms with van der Waals surface area (Å²) in [4.78, 5) is 0. The van der Waals surface area contributed by atoms with E-state index >= 15 is 0 Å².